The van der Waals surface area contributed by atoms with Crippen molar-refractivity contribution in [2.45, 2.75) is 77.6 Å². The number of aryl methyl sites for hydroxylation is 2. The molecular weight excluding hydrogens is 521 g/mol. The molecule has 2 amide bonds. The first kappa shape index (κ1) is 30.9. The van der Waals surface area contributed by atoms with Crippen LogP contribution in [0.15, 0.2) is 36.4 Å². The zero-order valence-electron chi connectivity index (χ0n) is 21.6. The van der Waals surface area contributed by atoms with Gasteiger partial charge in [-0.2, -0.15) is 26.3 Å². The van der Waals surface area contributed by atoms with Gasteiger partial charge in [-0.25, -0.2) is 9.18 Å². The molecule has 38 heavy (non-hydrogen) atoms. The average Bonchev–Trinajstić information content (AvgIpc) is 2.76. The summed E-state index contributed by atoms with van der Waals surface area (Å²) in [5.74, 6) is -0.709. The van der Waals surface area contributed by atoms with Crippen molar-refractivity contribution >= 4 is 17.7 Å². The minimum atomic E-state index is -6.25. The molecule has 2 rings (SSSR count). The van der Waals surface area contributed by atoms with Crippen molar-refractivity contribution in [3.63, 3.8) is 0 Å². The van der Waals surface area contributed by atoms with Crippen LogP contribution in [0.4, 0.5) is 41.2 Å². The summed E-state index contributed by atoms with van der Waals surface area (Å²) in [4.78, 5) is 25.9. The summed E-state index contributed by atoms with van der Waals surface area (Å²) in [6.07, 6.45) is -13.7. The van der Waals surface area contributed by atoms with Crippen LogP contribution >= 0.6 is 0 Å². The Labute approximate surface area is 215 Å². The van der Waals surface area contributed by atoms with Gasteiger partial charge < -0.3 is 10.4 Å². The first-order valence-electron chi connectivity index (χ1n) is 11.6. The van der Waals surface area contributed by atoms with Gasteiger partial charge in [0.05, 0.1) is 6.04 Å². The van der Waals surface area contributed by atoms with Crippen LogP contribution in [-0.2, 0) is 12.1 Å². The number of nitrogens with zero attached hydrogens (tertiary/aromatic N) is 1. The van der Waals surface area contributed by atoms with E-state index in [0.29, 0.717) is 17.7 Å². The van der Waals surface area contributed by atoms with E-state index in [0.717, 1.165) is 0 Å². The van der Waals surface area contributed by atoms with Crippen LogP contribution in [0, 0.1) is 6.92 Å². The lowest BCUT2D eigenvalue weighted by Crippen LogP contribution is -2.50. The van der Waals surface area contributed by atoms with Gasteiger partial charge in [-0.05, 0) is 75.9 Å². The van der Waals surface area contributed by atoms with Crippen molar-refractivity contribution in [3.05, 3.63) is 64.2 Å². The Bertz CT molecular complexity index is 1170. The highest BCUT2D eigenvalue weighted by Crippen LogP contribution is 2.54. The summed E-state index contributed by atoms with van der Waals surface area (Å²) >= 11 is 0. The molecule has 2 aromatic rings. The number of carbonyl (C=O) groups excluding carboxylic acids is 1. The first-order valence-corrected chi connectivity index (χ1v) is 11.6. The van der Waals surface area contributed by atoms with Crippen LogP contribution in [0.5, 0.6) is 0 Å². The van der Waals surface area contributed by atoms with Gasteiger partial charge in [-0.1, -0.05) is 25.1 Å². The normalized spacial score (nSPS) is 13.7. The molecule has 0 bridgehead atoms. The summed E-state index contributed by atoms with van der Waals surface area (Å²) in [7, 11) is 0. The number of amides is 2. The monoisotopic (exact) mass is 550 g/mol. The molecule has 1 atom stereocenters. The largest absolute Gasteiger partial charge is 0.465 e. The third-order valence-electron chi connectivity index (χ3n) is 6.19. The lowest BCUT2D eigenvalue weighted by molar-refractivity contribution is -0.348. The van der Waals surface area contributed by atoms with Gasteiger partial charge in [0.25, 0.3) is 5.91 Å². The van der Waals surface area contributed by atoms with E-state index in [1.807, 2.05) is 0 Å². The summed E-state index contributed by atoms with van der Waals surface area (Å²) < 4.78 is 94.0. The fourth-order valence-corrected chi connectivity index (χ4v) is 4.29. The van der Waals surface area contributed by atoms with Gasteiger partial charge in [-0.3, -0.25) is 9.69 Å². The maximum atomic E-state index is 14.6. The molecule has 12 heteroatoms. The number of carboxylic acid groups (broad SMARTS) is 1. The maximum absolute atomic E-state index is 14.6. The van der Waals surface area contributed by atoms with Crippen molar-refractivity contribution in [2.24, 2.45) is 0 Å². The molecule has 0 aliphatic carbocycles. The standard InChI is InChI=1S/C26H29F7N2O3/c1-7-16-13-19(24(27,25(28,29)30)26(31,32)33)12-14(2)20(16)34-21(36)18-10-8-17(9-11-18)15(3)35(22(37)38)23(4,5)6/h8-13,15H,7H2,1-6H3,(H,34,36)(H,37,38). The van der Waals surface area contributed by atoms with E-state index in [1.54, 1.807) is 39.8 Å². The molecule has 0 aliphatic heterocycles. The Morgan fingerprint density at radius 1 is 0.947 bits per heavy atom. The smallest absolute Gasteiger partial charge is 0.435 e. The summed E-state index contributed by atoms with van der Waals surface area (Å²) in [5.41, 5.74) is -7.55. The van der Waals surface area contributed by atoms with E-state index in [2.05, 4.69) is 5.32 Å². The molecule has 0 aromatic heterocycles. The maximum Gasteiger partial charge on any atom is 0.435 e. The highest BCUT2D eigenvalue weighted by atomic mass is 19.4. The molecule has 0 radical (unpaired) electrons. The number of carbonyl (C=O) groups is 2. The minimum absolute atomic E-state index is 0.0322. The van der Waals surface area contributed by atoms with E-state index in [-0.39, 0.29) is 28.8 Å². The number of benzene rings is 2. The summed E-state index contributed by atoms with van der Waals surface area (Å²) in [6, 6.07) is 6.24. The van der Waals surface area contributed by atoms with Crippen LogP contribution < -0.4 is 5.32 Å². The van der Waals surface area contributed by atoms with Crippen LogP contribution in [0.1, 0.15) is 73.3 Å². The summed E-state index contributed by atoms with van der Waals surface area (Å²) in [6.45, 7) is 9.48. The van der Waals surface area contributed by atoms with E-state index in [9.17, 15) is 45.4 Å². The number of hydrogen-bond acceptors (Lipinski definition) is 2. The number of halogens is 7. The predicted molar refractivity (Wildman–Crippen MR) is 128 cm³/mol. The molecule has 0 saturated heterocycles. The number of alkyl halides is 7. The third-order valence-corrected chi connectivity index (χ3v) is 6.19. The third kappa shape index (κ3) is 5.88. The Balaban J connectivity index is 2.42. The fourth-order valence-electron chi connectivity index (χ4n) is 4.29. The quantitative estimate of drug-likeness (QED) is 0.359. The van der Waals surface area contributed by atoms with Crippen molar-refractivity contribution in [1.82, 2.24) is 4.90 Å². The molecular formula is C26H29F7N2O3. The van der Waals surface area contributed by atoms with Crippen molar-refractivity contribution in [2.75, 3.05) is 5.32 Å². The first-order chi connectivity index (χ1) is 17.2. The van der Waals surface area contributed by atoms with Gasteiger partial charge in [-0.15, -0.1) is 0 Å². The average molecular weight is 551 g/mol. The number of rotatable bonds is 6. The van der Waals surface area contributed by atoms with Crippen molar-refractivity contribution in [1.29, 1.82) is 0 Å². The SMILES string of the molecule is CCc1cc(C(F)(C(F)(F)F)C(F)(F)F)cc(C)c1NC(=O)c1ccc(C(C)N(C(=O)O)C(C)(C)C)cc1. The molecule has 0 spiro atoms. The minimum Gasteiger partial charge on any atom is -0.465 e. The second kappa shape index (κ2) is 10.5. The van der Waals surface area contributed by atoms with Crippen molar-refractivity contribution < 1.29 is 45.4 Å². The van der Waals surface area contributed by atoms with E-state index >= 15 is 0 Å². The molecule has 0 saturated carbocycles. The molecule has 5 nitrogen and oxygen atoms in total. The van der Waals surface area contributed by atoms with E-state index in [1.165, 1.54) is 30.9 Å². The number of nitrogens with one attached hydrogen (secondary N) is 1. The lowest BCUT2D eigenvalue weighted by atomic mass is 9.89. The van der Waals surface area contributed by atoms with Gasteiger partial charge in [0, 0.05) is 22.4 Å². The lowest BCUT2D eigenvalue weighted by Gasteiger charge is -2.38. The van der Waals surface area contributed by atoms with Gasteiger partial charge in [0.2, 0.25) is 0 Å². The zero-order valence-corrected chi connectivity index (χ0v) is 21.6. The molecule has 1 unspecified atom stereocenters. The molecule has 210 valence electrons. The highest BCUT2D eigenvalue weighted by Gasteiger charge is 2.73. The summed E-state index contributed by atoms with van der Waals surface area (Å²) in [5, 5.41) is 12.1. The topological polar surface area (TPSA) is 69.6 Å². The Hall–Kier alpha value is -3.31. The molecule has 2 aromatic carbocycles. The second-order valence-electron chi connectivity index (χ2n) is 9.91. The van der Waals surface area contributed by atoms with E-state index < -0.39 is 47.2 Å². The Morgan fingerprint density at radius 3 is 1.84 bits per heavy atom. The van der Waals surface area contributed by atoms with E-state index in [4.69, 9.17) is 0 Å². The van der Waals surface area contributed by atoms with Crippen LogP contribution in [0.25, 0.3) is 0 Å². The molecule has 0 aliphatic rings. The molecule has 2 N–H and O–H groups in total. The van der Waals surface area contributed by atoms with Crippen LogP contribution in [-0.4, -0.2) is 39.9 Å². The van der Waals surface area contributed by atoms with Crippen molar-refractivity contribution in [3.8, 4) is 0 Å². The Kier molecular flexibility index (Phi) is 8.50. The fraction of sp³-hybridized carbons (Fsp3) is 0.462. The molecule has 0 heterocycles. The van der Waals surface area contributed by atoms with Crippen LogP contribution in [0.2, 0.25) is 0 Å². The van der Waals surface area contributed by atoms with Crippen LogP contribution in [0.3, 0.4) is 0 Å². The predicted octanol–water partition coefficient (Wildman–Crippen LogP) is 7.94. The Morgan fingerprint density at radius 2 is 1.45 bits per heavy atom. The highest BCUT2D eigenvalue weighted by molar-refractivity contribution is 6.05. The molecule has 0 fully saturated rings. The van der Waals surface area contributed by atoms with Gasteiger partial charge in [0.1, 0.15) is 0 Å². The second-order valence-corrected chi connectivity index (χ2v) is 9.91. The zero-order chi connectivity index (χ0) is 29.4. The van der Waals surface area contributed by atoms with Gasteiger partial charge in [0.15, 0.2) is 0 Å². The van der Waals surface area contributed by atoms with Gasteiger partial charge >= 0.3 is 24.1 Å². The number of hydrogen-bond donors (Lipinski definition) is 2. The number of anilines is 1.